The minimum atomic E-state index is -0.861. The van der Waals surface area contributed by atoms with Gasteiger partial charge in [0.1, 0.15) is 0 Å². The van der Waals surface area contributed by atoms with Crippen molar-refractivity contribution in [2.24, 2.45) is 0 Å². The minimum absolute atomic E-state index is 0.0384. The third-order valence-electron chi connectivity index (χ3n) is 3.05. The molecule has 1 aromatic heterocycles. The summed E-state index contributed by atoms with van der Waals surface area (Å²) in [6, 6.07) is 12.8. The molecular formula is C16H17NO4. The average molecular weight is 287 g/mol. The van der Waals surface area contributed by atoms with Crippen molar-refractivity contribution in [3.8, 4) is 0 Å². The van der Waals surface area contributed by atoms with E-state index in [-0.39, 0.29) is 18.1 Å². The van der Waals surface area contributed by atoms with Crippen LogP contribution in [0.3, 0.4) is 0 Å². The standard InChI is InChI=1S/C16H17NO4/c18-15(19)9-4-10-17(12-13-6-2-1-3-7-13)16(20)14-8-5-11-21-14/h1-3,5-8,11H,4,9-10,12H2,(H,18,19). The fourth-order valence-corrected chi connectivity index (χ4v) is 2.03. The zero-order valence-corrected chi connectivity index (χ0v) is 11.6. The SMILES string of the molecule is O=C(O)CCCN(Cc1ccccc1)C(=O)c1ccco1. The molecule has 5 heteroatoms. The number of aliphatic carboxylic acids is 1. The fraction of sp³-hybridized carbons (Fsp3) is 0.250. The van der Waals surface area contributed by atoms with Gasteiger partial charge >= 0.3 is 5.97 Å². The van der Waals surface area contributed by atoms with Gasteiger partial charge in [0.15, 0.2) is 5.76 Å². The molecule has 1 heterocycles. The molecule has 0 saturated carbocycles. The minimum Gasteiger partial charge on any atom is -0.481 e. The third kappa shape index (κ3) is 4.49. The maximum Gasteiger partial charge on any atom is 0.303 e. The van der Waals surface area contributed by atoms with Crippen molar-refractivity contribution in [2.45, 2.75) is 19.4 Å². The Hall–Kier alpha value is -2.56. The lowest BCUT2D eigenvalue weighted by Crippen LogP contribution is -2.31. The number of carboxylic acids is 1. The summed E-state index contributed by atoms with van der Waals surface area (Å²) in [6.45, 7) is 0.806. The topological polar surface area (TPSA) is 70.8 Å². The van der Waals surface area contributed by atoms with Crippen LogP contribution >= 0.6 is 0 Å². The molecule has 0 bridgehead atoms. The van der Waals surface area contributed by atoms with E-state index in [1.165, 1.54) is 6.26 Å². The first-order chi connectivity index (χ1) is 10.2. The summed E-state index contributed by atoms with van der Waals surface area (Å²) in [7, 11) is 0. The number of hydrogen-bond acceptors (Lipinski definition) is 3. The quantitative estimate of drug-likeness (QED) is 0.850. The largest absolute Gasteiger partial charge is 0.481 e. The average Bonchev–Trinajstić information content (AvgIpc) is 3.00. The van der Waals surface area contributed by atoms with Gasteiger partial charge in [-0.1, -0.05) is 30.3 Å². The molecule has 0 aliphatic rings. The first-order valence-electron chi connectivity index (χ1n) is 6.75. The maximum atomic E-state index is 12.4. The molecule has 1 N–H and O–H groups in total. The van der Waals surface area contributed by atoms with Gasteiger partial charge in [-0.25, -0.2) is 0 Å². The number of rotatable bonds is 7. The van der Waals surface area contributed by atoms with Crippen LogP contribution < -0.4 is 0 Å². The Morgan fingerprint density at radius 3 is 2.48 bits per heavy atom. The molecule has 0 atom stereocenters. The van der Waals surface area contributed by atoms with Crippen molar-refractivity contribution in [1.82, 2.24) is 4.90 Å². The normalized spacial score (nSPS) is 10.3. The Kier molecular flexibility index (Phi) is 5.15. The molecule has 2 aromatic rings. The molecule has 0 unspecified atom stereocenters. The van der Waals surface area contributed by atoms with Gasteiger partial charge in [-0.3, -0.25) is 9.59 Å². The number of amides is 1. The van der Waals surface area contributed by atoms with Crippen molar-refractivity contribution in [3.05, 3.63) is 60.1 Å². The molecule has 0 spiro atoms. The van der Waals surface area contributed by atoms with E-state index in [2.05, 4.69) is 0 Å². The van der Waals surface area contributed by atoms with Crippen molar-refractivity contribution < 1.29 is 19.1 Å². The summed E-state index contributed by atoms with van der Waals surface area (Å²) >= 11 is 0. The predicted molar refractivity (Wildman–Crippen MR) is 76.8 cm³/mol. The van der Waals surface area contributed by atoms with E-state index in [4.69, 9.17) is 9.52 Å². The van der Waals surface area contributed by atoms with Crippen LogP contribution in [0.25, 0.3) is 0 Å². The molecule has 0 aliphatic carbocycles. The number of benzene rings is 1. The number of hydrogen-bond donors (Lipinski definition) is 1. The van der Waals surface area contributed by atoms with E-state index in [0.29, 0.717) is 19.5 Å². The van der Waals surface area contributed by atoms with E-state index in [1.807, 2.05) is 30.3 Å². The molecule has 0 aliphatic heterocycles. The van der Waals surface area contributed by atoms with E-state index in [9.17, 15) is 9.59 Å². The van der Waals surface area contributed by atoms with Crippen LogP contribution in [0.15, 0.2) is 53.1 Å². The molecule has 21 heavy (non-hydrogen) atoms. The Morgan fingerprint density at radius 2 is 1.86 bits per heavy atom. The van der Waals surface area contributed by atoms with Crippen LogP contribution in [0, 0.1) is 0 Å². The van der Waals surface area contributed by atoms with Gasteiger partial charge in [0.05, 0.1) is 6.26 Å². The highest BCUT2D eigenvalue weighted by atomic mass is 16.4. The number of carbonyl (C=O) groups excluding carboxylic acids is 1. The summed E-state index contributed by atoms with van der Waals surface area (Å²) in [4.78, 5) is 24.6. The number of nitrogens with zero attached hydrogens (tertiary/aromatic N) is 1. The van der Waals surface area contributed by atoms with Crippen molar-refractivity contribution in [1.29, 1.82) is 0 Å². The van der Waals surface area contributed by atoms with Crippen molar-refractivity contribution >= 4 is 11.9 Å². The zero-order valence-electron chi connectivity index (χ0n) is 11.6. The highest BCUT2D eigenvalue weighted by Gasteiger charge is 2.18. The lowest BCUT2D eigenvalue weighted by Gasteiger charge is -2.21. The van der Waals surface area contributed by atoms with E-state index >= 15 is 0 Å². The van der Waals surface area contributed by atoms with Gasteiger partial charge in [-0.2, -0.15) is 0 Å². The van der Waals surface area contributed by atoms with Gasteiger partial charge in [0, 0.05) is 19.5 Å². The number of carbonyl (C=O) groups is 2. The highest BCUT2D eigenvalue weighted by Crippen LogP contribution is 2.12. The lowest BCUT2D eigenvalue weighted by atomic mass is 10.2. The van der Waals surface area contributed by atoms with Crippen LogP contribution in [0.2, 0.25) is 0 Å². The van der Waals surface area contributed by atoms with E-state index < -0.39 is 5.97 Å². The van der Waals surface area contributed by atoms with Crippen LogP contribution in [-0.2, 0) is 11.3 Å². The van der Waals surface area contributed by atoms with E-state index in [0.717, 1.165) is 5.56 Å². The molecule has 0 fully saturated rings. The van der Waals surface area contributed by atoms with Crippen LogP contribution in [-0.4, -0.2) is 28.4 Å². The second-order valence-corrected chi connectivity index (χ2v) is 4.69. The monoisotopic (exact) mass is 287 g/mol. The molecular weight excluding hydrogens is 270 g/mol. The molecule has 1 aromatic carbocycles. The fourth-order valence-electron chi connectivity index (χ4n) is 2.03. The molecule has 0 saturated heterocycles. The molecule has 1 amide bonds. The van der Waals surface area contributed by atoms with Gasteiger partial charge in [-0.05, 0) is 24.1 Å². The zero-order chi connectivity index (χ0) is 15.1. The summed E-state index contributed by atoms with van der Waals surface area (Å²) < 4.78 is 5.13. The van der Waals surface area contributed by atoms with Crippen molar-refractivity contribution in [2.75, 3.05) is 6.54 Å². The summed E-state index contributed by atoms with van der Waals surface area (Å²) in [6.07, 6.45) is 1.90. The second-order valence-electron chi connectivity index (χ2n) is 4.69. The Balaban J connectivity index is 2.06. The Labute approximate surface area is 122 Å². The molecule has 2 rings (SSSR count). The van der Waals surface area contributed by atoms with Gasteiger partial charge < -0.3 is 14.4 Å². The van der Waals surface area contributed by atoms with Gasteiger partial charge in [0.2, 0.25) is 0 Å². The predicted octanol–water partition coefficient (Wildman–Crippen LogP) is 2.79. The third-order valence-corrected chi connectivity index (χ3v) is 3.05. The number of carboxylic acid groups (broad SMARTS) is 1. The van der Waals surface area contributed by atoms with Crippen LogP contribution in [0.5, 0.6) is 0 Å². The smallest absolute Gasteiger partial charge is 0.303 e. The highest BCUT2D eigenvalue weighted by molar-refractivity contribution is 5.91. The first kappa shape index (κ1) is 14.8. The Bertz CT molecular complexity index is 578. The molecule has 5 nitrogen and oxygen atoms in total. The lowest BCUT2D eigenvalue weighted by molar-refractivity contribution is -0.137. The van der Waals surface area contributed by atoms with Gasteiger partial charge in [0.25, 0.3) is 5.91 Å². The van der Waals surface area contributed by atoms with Crippen molar-refractivity contribution in [3.63, 3.8) is 0 Å². The summed E-state index contributed by atoms with van der Waals surface area (Å²) in [5.74, 6) is -0.824. The summed E-state index contributed by atoms with van der Waals surface area (Å²) in [5, 5.41) is 8.72. The van der Waals surface area contributed by atoms with Crippen LogP contribution in [0.4, 0.5) is 0 Å². The maximum absolute atomic E-state index is 12.4. The second kappa shape index (κ2) is 7.28. The van der Waals surface area contributed by atoms with Crippen LogP contribution in [0.1, 0.15) is 29.0 Å². The van der Waals surface area contributed by atoms with E-state index in [1.54, 1.807) is 17.0 Å². The first-order valence-corrected chi connectivity index (χ1v) is 6.75. The molecule has 110 valence electrons. The summed E-state index contributed by atoms with van der Waals surface area (Å²) in [5.41, 5.74) is 0.993. The molecule has 0 radical (unpaired) electrons. The Morgan fingerprint density at radius 1 is 1.10 bits per heavy atom. The van der Waals surface area contributed by atoms with Gasteiger partial charge in [-0.15, -0.1) is 0 Å². The number of furan rings is 1.